The molecule has 1 atom stereocenters. The van der Waals surface area contributed by atoms with Crippen LogP contribution in [0.1, 0.15) is 13.3 Å². The van der Waals surface area contributed by atoms with Crippen LogP contribution in [0.25, 0.3) is 0 Å². The minimum Gasteiger partial charge on any atom is -0.328 e. The Balaban J connectivity index is 2.63. The molecule has 0 aromatic carbocycles. The number of thiol groups is 1. The van der Waals surface area contributed by atoms with Crippen molar-refractivity contribution in [1.29, 1.82) is 0 Å². The van der Waals surface area contributed by atoms with Gasteiger partial charge in [-0.1, -0.05) is 0 Å². The van der Waals surface area contributed by atoms with Crippen LogP contribution in [0.5, 0.6) is 0 Å². The largest absolute Gasteiger partial charge is 0.328 e. The first-order chi connectivity index (χ1) is 2.77. The maximum Gasteiger partial charge on any atom is 0.00182 e. The Hall–Kier alpha value is 0.310. The highest BCUT2D eigenvalue weighted by atomic mass is 32.1. The van der Waals surface area contributed by atoms with E-state index in [1.54, 1.807) is 0 Å². The molecule has 0 saturated carbocycles. The van der Waals surface area contributed by atoms with E-state index >= 15 is 0 Å². The summed E-state index contributed by atoms with van der Waals surface area (Å²) >= 11 is 3.98. The Morgan fingerprint density at radius 3 is 2.33 bits per heavy atom. The summed E-state index contributed by atoms with van der Waals surface area (Å²) in [4.78, 5) is 0. The topological polar surface area (TPSA) is 26.0 Å². The standard InChI is InChI=1S/C4H11NS/c1-4(5)2-3-6/h4,6H,2-3,5H2,1H3. The van der Waals surface area contributed by atoms with Gasteiger partial charge in [0.15, 0.2) is 0 Å². The van der Waals surface area contributed by atoms with Crippen molar-refractivity contribution in [3.8, 4) is 0 Å². The second-order valence-corrected chi connectivity index (χ2v) is 1.94. The van der Waals surface area contributed by atoms with Crippen LogP contribution in [-0.2, 0) is 0 Å². The van der Waals surface area contributed by atoms with Crippen LogP contribution in [0, 0.1) is 0 Å². The molecule has 2 heteroatoms. The van der Waals surface area contributed by atoms with Crippen molar-refractivity contribution in [2.45, 2.75) is 19.4 Å². The zero-order valence-corrected chi connectivity index (χ0v) is 4.91. The Morgan fingerprint density at radius 2 is 2.33 bits per heavy atom. The van der Waals surface area contributed by atoms with Crippen LogP contribution in [0.2, 0.25) is 0 Å². The molecule has 2 N–H and O–H groups in total. The van der Waals surface area contributed by atoms with Crippen molar-refractivity contribution in [3.63, 3.8) is 0 Å². The summed E-state index contributed by atoms with van der Waals surface area (Å²) in [5.41, 5.74) is 5.35. The monoisotopic (exact) mass is 105 g/mol. The number of hydrogen-bond acceptors (Lipinski definition) is 2. The molecule has 0 aliphatic carbocycles. The van der Waals surface area contributed by atoms with Crippen LogP contribution in [0.15, 0.2) is 0 Å². The lowest BCUT2D eigenvalue weighted by Crippen LogP contribution is -2.14. The van der Waals surface area contributed by atoms with Gasteiger partial charge in [-0.05, 0) is 19.1 Å². The van der Waals surface area contributed by atoms with Gasteiger partial charge in [0.05, 0.1) is 0 Å². The minimum atomic E-state index is 0.322. The number of hydrogen-bond donors (Lipinski definition) is 2. The van der Waals surface area contributed by atoms with Gasteiger partial charge in [0, 0.05) is 6.04 Å². The first-order valence-electron chi connectivity index (χ1n) is 2.14. The van der Waals surface area contributed by atoms with E-state index in [-0.39, 0.29) is 0 Å². The summed E-state index contributed by atoms with van der Waals surface area (Å²) in [7, 11) is 0. The molecule has 0 aromatic heterocycles. The van der Waals surface area contributed by atoms with Gasteiger partial charge < -0.3 is 5.73 Å². The lowest BCUT2D eigenvalue weighted by Gasteiger charge is -1.96. The number of rotatable bonds is 2. The average molecular weight is 105 g/mol. The lowest BCUT2D eigenvalue weighted by atomic mass is 10.3. The van der Waals surface area contributed by atoms with Gasteiger partial charge in [-0.25, -0.2) is 0 Å². The third-order valence-corrected chi connectivity index (χ3v) is 0.843. The Morgan fingerprint density at radius 1 is 1.83 bits per heavy atom. The molecule has 0 aromatic rings. The van der Waals surface area contributed by atoms with E-state index in [1.807, 2.05) is 6.92 Å². The molecule has 0 heterocycles. The van der Waals surface area contributed by atoms with Crippen LogP contribution >= 0.6 is 12.6 Å². The van der Waals surface area contributed by atoms with Crippen molar-refractivity contribution in [2.75, 3.05) is 5.75 Å². The van der Waals surface area contributed by atoms with E-state index in [0.717, 1.165) is 12.2 Å². The smallest absolute Gasteiger partial charge is 0.00182 e. The normalized spacial score (nSPS) is 14.5. The Bertz CT molecular complexity index is 28.7. The first kappa shape index (κ1) is 6.31. The van der Waals surface area contributed by atoms with Crippen molar-refractivity contribution >= 4 is 12.6 Å². The second-order valence-electron chi connectivity index (χ2n) is 1.49. The molecule has 0 radical (unpaired) electrons. The molecule has 1 nitrogen and oxygen atoms in total. The minimum absolute atomic E-state index is 0.322. The zero-order valence-electron chi connectivity index (χ0n) is 4.02. The first-order valence-corrected chi connectivity index (χ1v) is 2.77. The van der Waals surface area contributed by atoms with Crippen LogP contribution < -0.4 is 5.73 Å². The van der Waals surface area contributed by atoms with Crippen LogP contribution in [-0.4, -0.2) is 11.8 Å². The summed E-state index contributed by atoms with van der Waals surface area (Å²) in [5, 5.41) is 0. The van der Waals surface area contributed by atoms with Gasteiger partial charge in [-0.3, -0.25) is 0 Å². The third-order valence-electron chi connectivity index (χ3n) is 0.584. The van der Waals surface area contributed by atoms with Crippen molar-refractivity contribution in [2.24, 2.45) is 5.73 Å². The Kier molecular flexibility index (Phi) is 3.68. The van der Waals surface area contributed by atoms with Gasteiger partial charge in [0.1, 0.15) is 0 Å². The van der Waals surface area contributed by atoms with Gasteiger partial charge in [0.2, 0.25) is 0 Å². The van der Waals surface area contributed by atoms with Gasteiger partial charge >= 0.3 is 0 Å². The summed E-state index contributed by atoms with van der Waals surface area (Å²) in [6, 6.07) is 0.322. The highest BCUT2D eigenvalue weighted by Gasteiger charge is 1.86. The van der Waals surface area contributed by atoms with E-state index in [2.05, 4.69) is 12.6 Å². The van der Waals surface area contributed by atoms with Crippen LogP contribution in [0.3, 0.4) is 0 Å². The molecule has 6 heavy (non-hydrogen) atoms. The highest BCUT2D eigenvalue weighted by Crippen LogP contribution is 1.85. The fourth-order valence-electron chi connectivity index (χ4n) is 0.204. The molecular formula is C4H11NS. The van der Waals surface area contributed by atoms with Crippen molar-refractivity contribution in [3.05, 3.63) is 0 Å². The van der Waals surface area contributed by atoms with Gasteiger partial charge in [0.25, 0.3) is 0 Å². The van der Waals surface area contributed by atoms with E-state index in [4.69, 9.17) is 5.73 Å². The van der Waals surface area contributed by atoms with Gasteiger partial charge in [-0.15, -0.1) is 0 Å². The molecule has 0 spiro atoms. The molecular weight excluding hydrogens is 94.1 g/mol. The quantitative estimate of drug-likeness (QED) is 0.495. The van der Waals surface area contributed by atoms with E-state index in [0.29, 0.717) is 6.04 Å². The fourth-order valence-corrected chi connectivity index (χ4v) is 0.611. The lowest BCUT2D eigenvalue weighted by molar-refractivity contribution is 0.722. The van der Waals surface area contributed by atoms with Crippen molar-refractivity contribution in [1.82, 2.24) is 0 Å². The summed E-state index contributed by atoms with van der Waals surface area (Å²) in [6.45, 7) is 1.98. The molecule has 0 rings (SSSR count). The van der Waals surface area contributed by atoms with E-state index < -0.39 is 0 Å². The predicted octanol–water partition coefficient (Wildman–Crippen LogP) is 0.654. The summed E-state index contributed by atoms with van der Waals surface area (Å²) in [5.74, 6) is 0.900. The molecule has 0 saturated heterocycles. The SMILES string of the molecule is CC(N)CCS. The number of nitrogens with two attached hydrogens (primary N) is 1. The highest BCUT2D eigenvalue weighted by molar-refractivity contribution is 7.80. The average Bonchev–Trinajstić information content (AvgIpc) is 1.35. The van der Waals surface area contributed by atoms with E-state index in [9.17, 15) is 0 Å². The Labute approximate surface area is 44.3 Å². The third kappa shape index (κ3) is 4.31. The van der Waals surface area contributed by atoms with E-state index in [1.165, 1.54) is 0 Å². The predicted molar refractivity (Wildman–Crippen MR) is 32.1 cm³/mol. The summed E-state index contributed by atoms with van der Waals surface area (Å²) < 4.78 is 0. The maximum atomic E-state index is 5.35. The summed E-state index contributed by atoms with van der Waals surface area (Å²) in [6.07, 6.45) is 1.02. The molecule has 0 aliphatic rings. The van der Waals surface area contributed by atoms with Gasteiger partial charge in [-0.2, -0.15) is 12.6 Å². The molecule has 38 valence electrons. The molecule has 0 bridgehead atoms. The zero-order chi connectivity index (χ0) is 4.99. The molecule has 0 amide bonds. The molecule has 0 aliphatic heterocycles. The molecule has 0 fully saturated rings. The fraction of sp³-hybridized carbons (Fsp3) is 1.00. The van der Waals surface area contributed by atoms with Crippen LogP contribution in [0.4, 0.5) is 0 Å². The molecule has 1 unspecified atom stereocenters. The second kappa shape index (κ2) is 3.50. The van der Waals surface area contributed by atoms with Crippen molar-refractivity contribution < 1.29 is 0 Å². The maximum absolute atomic E-state index is 5.35.